The van der Waals surface area contributed by atoms with Crippen LogP contribution in [-0.2, 0) is 16.0 Å². The number of aliphatic hydroxyl groups is 1. The SMILES string of the molecule is COC(=O)C[C@@H]1COc2cc(O[C@@H]3CCc4c(Oc5ccc(OCC(C)(C)O)cc5)ccc(F)c43)ccc21. The number of carbonyl (C=O) groups excluding carboxylic acids is 1. The first-order valence-electron chi connectivity index (χ1n) is 12.6. The standard InChI is InChI=1S/C30H31FO7/c1-30(2,33)17-36-19-4-6-20(7-5-19)37-25-13-11-24(31)29-23(25)10-12-26(29)38-21-8-9-22-18(14-28(32)34-3)16-35-27(22)15-21/h4-9,11,13,15,18,26,33H,10,12,14,16-17H2,1-3H3/t18-,26-/m1/s1. The first-order valence-corrected chi connectivity index (χ1v) is 12.6. The van der Waals surface area contributed by atoms with Crippen LogP contribution in [0.15, 0.2) is 54.6 Å². The number of esters is 1. The summed E-state index contributed by atoms with van der Waals surface area (Å²) in [4.78, 5) is 11.7. The van der Waals surface area contributed by atoms with Crippen LogP contribution in [0, 0.1) is 5.82 Å². The highest BCUT2D eigenvalue weighted by Crippen LogP contribution is 2.44. The lowest BCUT2D eigenvalue weighted by Crippen LogP contribution is -2.27. The molecule has 7 nitrogen and oxygen atoms in total. The second-order valence-electron chi connectivity index (χ2n) is 10.2. The second kappa shape index (κ2) is 10.5. The molecule has 3 aromatic carbocycles. The summed E-state index contributed by atoms with van der Waals surface area (Å²) in [6.07, 6.45) is 1.02. The predicted octanol–water partition coefficient (Wildman–Crippen LogP) is 5.87. The van der Waals surface area contributed by atoms with Crippen molar-refractivity contribution in [2.24, 2.45) is 0 Å². The van der Waals surface area contributed by atoms with Gasteiger partial charge in [0.2, 0.25) is 0 Å². The molecular weight excluding hydrogens is 491 g/mol. The van der Waals surface area contributed by atoms with Crippen LogP contribution in [0.4, 0.5) is 4.39 Å². The van der Waals surface area contributed by atoms with Gasteiger partial charge in [0.15, 0.2) is 0 Å². The molecule has 0 spiro atoms. The van der Waals surface area contributed by atoms with E-state index < -0.39 is 11.7 Å². The molecule has 1 aliphatic heterocycles. The van der Waals surface area contributed by atoms with Crippen LogP contribution in [0.3, 0.4) is 0 Å². The van der Waals surface area contributed by atoms with Gasteiger partial charge in [0.1, 0.15) is 47.3 Å². The Morgan fingerprint density at radius 1 is 1.08 bits per heavy atom. The van der Waals surface area contributed by atoms with E-state index in [-0.39, 0.29) is 30.7 Å². The number of carbonyl (C=O) groups is 1. The Kier molecular flexibility index (Phi) is 7.17. The van der Waals surface area contributed by atoms with Gasteiger partial charge in [-0.25, -0.2) is 4.39 Å². The molecule has 200 valence electrons. The fourth-order valence-corrected chi connectivity index (χ4v) is 4.79. The summed E-state index contributed by atoms with van der Waals surface area (Å²) in [6, 6.07) is 15.6. The maximum absolute atomic E-state index is 15.0. The van der Waals surface area contributed by atoms with Gasteiger partial charge >= 0.3 is 5.97 Å². The van der Waals surface area contributed by atoms with Crippen molar-refractivity contribution < 1.29 is 38.0 Å². The molecule has 0 bridgehead atoms. The average Bonchev–Trinajstić information content (AvgIpc) is 3.49. The molecule has 0 fully saturated rings. The topological polar surface area (TPSA) is 83.5 Å². The second-order valence-corrected chi connectivity index (χ2v) is 10.2. The van der Waals surface area contributed by atoms with Gasteiger partial charge in [0.25, 0.3) is 0 Å². The lowest BCUT2D eigenvalue weighted by Gasteiger charge is -2.18. The molecule has 2 aliphatic rings. The average molecular weight is 523 g/mol. The Balaban J connectivity index is 1.28. The number of ether oxygens (including phenoxy) is 5. The van der Waals surface area contributed by atoms with Gasteiger partial charge in [-0.3, -0.25) is 4.79 Å². The van der Waals surface area contributed by atoms with Gasteiger partial charge in [-0.1, -0.05) is 6.07 Å². The lowest BCUT2D eigenvalue weighted by atomic mass is 9.98. The molecule has 0 amide bonds. The molecule has 0 saturated carbocycles. The van der Waals surface area contributed by atoms with Crippen molar-refractivity contribution in [1.82, 2.24) is 0 Å². The van der Waals surface area contributed by atoms with Crippen molar-refractivity contribution >= 4 is 5.97 Å². The first-order chi connectivity index (χ1) is 18.2. The Morgan fingerprint density at radius 3 is 2.55 bits per heavy atom. The van der Waals surface area contributed by atoms with Crippen molar-refractivity contribution in [2.75, 3.05) is 20.3 Å². The maximum Gasteiger partial charge on any atom is 0.306 e. The van der Waals surface area contributed by atoms with E-state index in [1.807, 2.05) is 12.1 Å². The number of benzene rings is 3. The molecule has 1 heterocycles. The fraction of sp³-hybridized carbons (Fsp3) is 0.367. The van der Waals surface area contributed by atoms with Crippen molar-refractivity contribution in [3.63, 3.8) is 0 Å². The largest absolute Gasteiger partial charge is 0.492 e. The highest BCUT2D eigenvalue weighted by Gasteiger charge is 2.32. The van der Waals surface area contributed by atoms with E-state index in [1.165, 1.54) is 13.2 Å². The van der Waals surface area contributed by atoms with Crippen LogP contribution >= 0.6 is 0 Å². The summed E-state index contributed by atoms with van der Waals surface area (Å²) in [6.45, 7) is 3.93. The fourth-order valence-electron chi connectivity index (χ4n) is 4.79. The zero-order valence-electron chi connectivity index (χ0n) is 21.7. The Hall–Kier alpha value is -3.78. The van der Waals surface area contributed by atoms with Crippen LogP contribution in [0.25, 0.3) is 0 Å². The molecule has 8 heteroatoms. The van der Waals surface area contributed by atoms with E-state index in [4.69, 9.17) is 23.7 Å². The Morgan fingerprint density at radius 2 is 1.82 bits per heavy atom. The summed E-state index contributed by atoms with van der Waals surface area (Å²) in [7, 11) is 1.37. The van der Waals surface area contributed by atoms with E-state index in [0.717, 1.165) is 11.1 Å². The van der Waals surface area contributed by atoms with E-state index >= 15 is 0 Å². The third-order valence-electron chi connectivity index (χ3n) is 6.67. The number of methoxy groups -OCH3 is 1. The van der Waals surface area contributed by atoms with Crippen molar-refractivity contribution in [2.45, 2.75) is 50.7 Å². The molecule has 38 heavy (non-hydrogen) atoms. The highest BCUT2D eigenvalue weighted by atomic mass is 19.1. The molecule has 2 atom stereocenters. The minimum atomic E-state index is -0.928. The molecule has 0 saturated heterocycles. The molecule has 1 N–H and O–H groups in total. The molecule has 3 aromatic rings. The van der Waals surface area contributed by atoms with Gasteiger partial charge in [0.05, 0.1) is 25.7 Å². The van der Waals surface area contributed by atoms with Gasteiger partial charge in [-0.05, 0) is 69.2 Å². The van der Waals surface area contributed by atoms with Crippen molar-refractivity contribution in [3.05, 3.63) is 77.1 Å². The van der Waals surface area contributed by atoms with Crippen LogP contribution in [0.2, 0.25) is 0 Å². The first kappa shape index (κ1) is 25.9. The van der Waals surface area contributed by atoms with Crippen LogP contribution in [0.1, 0.15) is 55.4 Å². The highest BCUT2D eigenvalue weighted by molar-refractivity contribution is 5.71. The number of halogens is 1. The predicted molar refractivity (Wildman–Crippen MR) is 138 cm³/mol. The molecule has 0 unspecified atom stereocenters. The smallest absolute Gasteiger partial charge is 0.306 e. The number of fused-ring (bicyclic) bond motifs is 2. The van der Waals surface area contributed by atoms with Crippen LogP contribution in [-0.4, -0.2) is 37.0 Å². The van der Waals surface area contributed by atoms with E-state index in [0.29, 0.717) is 53.8 Å². The van der Waals surface area contributed by atoms with Gasteiger partial charge in [-0.15, -0.1) is 0 Å². The maximum atomic E-state index is 15.0. The van der Waals surface area contributed by atoms with Gasteiger partial charge in [-0.2, -0.15) is 0 Å². The molecular formula is C30H31FO7. The van der Waals surface area contributed by atoms with E-state index in [2.05, 4.69) is 0 Å². The summed E-state index contributed by atoms with van der Waals surface area (Å²) in [5.41, 5.74) is 1.29. The molecule has 1 aliphatic carbocycles. The minimum absolute atomic E-state index is 0.0574. The summed E-state index contributed by atoms with van der Waals surface area (Å²) in [5.74, 6) is 2.37. The minimum Gasteiger partial charge on any atom is -0.492 e. The third-order valence-corrected chi connectivity index (χ3v) is 6.67. The number of hydrogen-bond acceptors (Lipinski definition) is 7. The van der Waals surface area contributed by atoms with E-state index in [1.54, 1.807) is 50.2 Å². The zero-order valence-corrected chi connectivity index (χ0v) is 21.7. The normalized spacial score (nSPS) is 17.8. The van der Waals surface area contributed by atoms with Gasteiger partial charge in [0, 0.05) is 28.7 Å². The molecule has 0 aromatic heterocycles. The van der Waals surface area contributed by atoms with Gasteiger partial charge < -0.3 is 28.8 Å². The monoisotopic (exact) mass is 522 g/mol. The van der Waals surface area contributed by atoms with Crippen molar-refractivity contribution in [3.8, 4) is 28.7 Å². The molecule has 0 radical (unpaired) electrons. The van der Waals surface area contributed by atoms with Crippen LogP contribution in [0.5, 0.6) is 28.7 Å². The van der Waals surface area contributed by atoms with Crippen molar-refractivity contribution in [1.29, 1.82) is 0 Å². The number of rotatable bonds is 9. The molecule has 5 rings (SSSR count). The Bertz CT molecular complexity index is 1310. The number of hydrogen-bond donors (Lipinski definition) is 1. The van der Waals surface area contributed by atoms with E-state index in [9.17, 15) is 14.3 Å². The third kappa shape index (κ3) is 5.70. The summed E-state index contributed by atoms with van der Waals surface area (Å²) < 4.78 is 43.4. The van der Waals surface area contributed by atoms with Crippen LogP contribution < -0.4 is 18.9 Å². The lowest BCUT2D eigenvalue weighted by molar-refractivity contribution is -0.141. The summed E-state index contributed by atoms with van der Waals surface area (Å²) >= 11 is 0. The Labute approximate surface area is 221 Å². The zero-order chi connectivity index (χ0) is 26.9. The quantitative estimate of drug-likeness (QED) is 0.352. The summed E-state index contributed by atoms with van der Waals surface area (Å²) in [5, 5.41) is 9.83.